The van der Waals surface area contributed by atoms with Gasteiger partial charge in [0, 0.05) is 47.9 Å². The molecule has 1 N–H and O–H groups in total. The highest BCUT2D eigenvalue weighted by Gasteiger charge is 2.56. The van der Waals surface area contributed by atoms with Gasteiger partial charge in [-0.3, -0.25) is 4.98 Å². The van der Waals surface area contributed by atoms with E-state index in [0.717, 1.165) is 52.5 Å². The number of alkyl carbamates (subject to hydrolysis) is 1. The molecule has 1 saturated carbocycles. The molecule has 4 heterocycles. The molecule has 1 amide bonds. The normalized spacial score (nSPS) is 22.4. The van der Waals surface area contributed by atoms with Crippen molar-refractivity contribution in [3.05, 3.63) is 78.2 Å². The molecule has 1 aliphatic heterocycles. The van der Waals surface area contributed by atoms with Crippen LogP contribution in [0.15, 0.2) is 73.2 Å². The highest BCUT2D eigenvalue weighted by molar-refractivity contribution is 7.91. The van der Waals surface area contributed by atoms with Crippen LogP contribution in [0.5, 0.6) is 0 Å². The average molecular weight is 646 g/mol. The lowest BCUT2D eigenvalue weighted by atomic mass is 10.0. The Morgan fingerprint density at radius 3 is 2.62 bits per heavy atom. The fourth-order valence-electron chi connectivity index (χ4n) is 6.68. The first kappa shape index (κ1) is 29.8. The molecule has 234 valence electrons. The van der Waals surface area contributed by atoms with Gasteiger partial charge in [-0.2, -0.15) is 0 Å². The lowest BCUT2D eigenvalue weighted by Gasteiger charge is -2.27. The van der Waals surface area contributed by atoms with Crippen molar-refractivity contribution in [3.63, 3.8) is 0 Å². The number of allylic oxidation sites excluding steroid dienone is 3. The maximum Gasteiger partial charge on any atom is 0.407 e. The van der Waals surface area contributed by atoms with E-state index >= 15 is 0 Å². The highest BCUT2D eigenvalue weighted by atomic mass is 35.5. The fraction of sp³-hybridized carbons (Fsp3) is 0.382. The van der Waals surface area contributed by atoms with Crippen LogP contribution >= 0.6 is 11.6 Å². The van der Waals surface area contributed by atoms with E-state index in [1.807, 2.05) is 57.2 Å². The van der Waals surface area contributed by atoms with Crippen LogP contribution in [-0.4, -0.2) is 57.9 Å². The lowest BCUT2D eigenvalue weighted by molar-refractivity contribution is 0.0493. The third-order valence-electron chi connectivity index (χ3n) is 9.28. The molecule has 11 heteroatoms. The van der Waals surface area contributed by atoms with Gasteiger partial charge in [-0.05, 0) is 82.3 Å². The van der Waals surface area contributed by atoms with E-state index in [1.54, 1.807) is 37.7 Å². The lowest BCUT2D eigenvalue weighted by Crippen LogP contribution is -2.44. The first-order chi connectivity index (χ1) is 21.3. The summed E-state index contributed by atoms with van der Waals surface area (Å²) in [6.45, 7) is 8.67. The van der Waals surface area contributed by atoms with Crippen LogP contribution < -0.4 is 10.2 Å². The van der Waals surface area contributed by atoms with Crippen LogP contribution in [0.4, 0.5) is 10.5 Å². The van der Waals surface area contributed by atoms with Crippen molar-refractivity contribution in [1.82, 2.24) is 19.3 Å². The summed E-state index contributed by atoms with van der Waals surface area (Å²) in [6, 6.07) is 9.67. The molecular formula is C34H36ClN5O4S. The van der Waals surface area contributed by atoms with Gasteiger partial charge in [0.05, 0.1) is 22.3 Å². The fourth-order valence-corrected chi connectivity index (χ4v) is 8.55. The molecule has 2 fully saturated rings. The number of ether oxygens (including phenoxy) is 1. The number of rotatable bonds is 5. The van der Waals surface area contributed by atoms with Gasteiger partial charge in [-0.25, -0.2) is 22.2 Å². The van der Waals surface area contributed by atoms with Crippen molar-refractivity contribution < 1.29 is 17.9 Å². The van der Waals surface area contributed by atoms with E-state index in [4.69, 9.17) is 16.3 Å². The zero-order chi connectivity index (χ0) is 31.8. The van der Waals surface area contributed by atoms with Crippen molar-refractivity contribution in [2.24, 2.45) is 5.41 Å². The van der Waals surface area contributed by atoms with Gasteiger partial charge in [-0.1, -0.05) is 42.0 Å². The zero-order valence-corrected chi connectivity index (χ0v) is 27.3. The second-order valence-corrected chi connectivity index (χ2v) is 16.3. The Morgan fingerprint density at radius 2 is 1.91 bits per heavy atom. The van der Waals surface area contributed by atoms with Crippen LogP contribution in [0.25, 0.3) is 33.1 Å². The van der Waals surface area contributed by atoms with Gasteiger partial charge in [0.15, 0.2) is 5.65 Å². The Bertz CT molecular complexity index is 2030. The van der Waals surface area contributed by atoms with Gasteiger partial charge in [0.25, 0.3) is 0 Å². The number of hydrogen-bond acceptors (Lipinski definition) is 7. The van der Waals surface area contributed by atoms with Crippen LogP contribution in [0.3, 0.4) is 0 Å². The standard InChI is InChI=1S/C34H36ClN5O4S/c1-32(2,3)44-31(41)38-28-20-39(21-34(28)14-15-34)29-25-18-22(8-9-27(25)37-19-26(29)35)23-10-16-36-30-24(23)11-17-40(30)45(42,43)33(4)12-6-5-7-13-33/h5-12,16-19,28H,13-15,20-21H2,1-4H3,(H,38,41)/t28-,33?/m1/s1. The Kier molecular flexibility index (Phi) is 6.83. The number of benzene rings is 1. The van der Waals surface area contributed by atoms with E-state index in [-0.39, 0.29) is 11.5 Å². The van der Waals surface area contributed by atoms with Crippen LogP contribution in [0, 0.1) is 5.41 Å². The molecule has 1 unspecified atom stereocenters. The van der Waals surface area contributed by atoms with Crippen LogP contribution in [-0.2, 0) is 14.8 Å². The minimum absolute atomic E-state index is 0.0148. The summed E-state index contributed by atoms with van der Waals surface area (Å²) in [4.78, 5) is 24.1. The summed E-state index contributed by atoms with van der Waals surface area (Å²) in [6.07, 6.45) is 14.2. The second-order valence-electron chi connectivity index (χ2n) is 13.6. The van der Waals surface area contributed by atoms with E-state index in [0.29, 0.717) is 23.6 Å². The number of anilines is 1. The summed E-state index contributed by atoms with van der Waals surface area (Å²) < 4.78 is 33.5. The monoisotopic (exact) mass is 645 g/mol. The maximum atomic E-state index is 13.8. The SMILES string of the molecule is CC(C)(C)OC(=O)N[C@@H]1CN(c2c(Cl)cnc3ccc(-c4ccnc5c4ccn5S(=O)(=O)C4(C)C=CC=CC4)cc23)CC12CC2. The van der Waals surface area contributed by atoms with Crippen molar-refractivity contribution in [1.29, 1.82) is 0 Å². The Morgan fingerprint density at radius 1 is 1.11 bits per heavy atom. The molecule has 45 heavy (non-hydrogen) atoms. The second kappa shape index (κ2) is 10.3. The molecule has 1 spiro atoms. The molecule has 9 nitrogen and oxygen atoms in total. The molecule has 1 saturated heterocycles. The van der Waals surface area contributed by atoms with Crippen molar-refractivity contribution in [2.45, 2.75) is 63.3 Å². The van der Waals surface area contributed by atoms with E-state index in [9.17, 15) is 13.2 Å². The average Bonchev–Trinajstić information content (AvgIpc) is 3.48. The number of nitrogens with zero attached hydrogens (tertiary/aromatic N) is 4. The molecule has 4 aromatic rings. The maximum absolute atomic E-state index is 13.8. The first-order valence-corrected chi connectivity index (χ1v) is 17.0. The third-order valence-corrected chi connectivity index (χ3v) is 11.8. The van der Waals surface area contributed by atoms with Gasteiger partial charge >= 0.3 is 6.09 Å². The third kappa shape index (κ3) is 5.08. The summed E-state index contributed by atoms with van der Waals surface area (Å²) in [7, 11) is -3.79. The van der Waals surface area contributed by atoms with Gasteiger partial charge < -0.3 is 15.0 Å². The zero-order valence-electron chi connectivity index (χ0n) is 25.7. The topological polar surface area (TPSA) is 106 Å². The minimum atomic E-state index is -3.79. The molecule has 0 bridgehead atoms. The molecule has 1 aromatic carbocycles. The Balaban J connectivity index is 1.26. The number of fused-ring (bicyclic) bond motifs is 2. The van der Waals surface area contributed by atoms with Gasteiger partial charge in [-0.15, -0.1) is 0 Å². The molecule has 0 radical (unpaired) electrons. The number of halogens is 1. The van der Waals surface area contributed by atoms with Crippen LogP contribution in [0.2, 0.25) is 5.02 Å². The highest BCUT2D eigenvalue weighted by Crippen LogP contribution is 2.54. The van der Waals surface area contributed by atoms with E-state index in [2.05, 4.69) is 26.3 Å². The minimum Gasteiger partial charge on any atom is -0.444 e. The number of aromatic nitrogens is 3. The largest absolute Gasteiger partial charge is 0.444 e. The van der Waals surface area contributed by atoms with Gasteiger partial charge in [0.2, 0.25) is 10.0 Å². The Hall–Kier alpha value is -3.89. The first-order valence-electron chi connectivity index (χ1n) is 15.2. The van der Waals surface area contributed by atoms with Crippen LogP contribution in [0.1, 0.15) is 47.0 Å². The Labute approximate surface area is 268 Å². The van der Waals surface area contributed by atoms with E-state index in [1.165, 1.54) is 3.97 Å². The van der Waals surface area contributed by atoms with E-state index < -0.39 is 26.5 Å². The number of carbonyl (C=O) groups excluding carboxylic acids is 1. The summed E-state index contributed by atoms with van der Waals surface area (Å²) in [5.74, 6) is 0. The van der Waals surface area contributed by atoms with Crippen molar-refractivity contribution >= 4 is 55.3 Å². The molecule has 2 atom stereocenters. The predicted molar refractivity (Wildman–Crippen MR) is 178 cm³/mol. The molecule has 3 aromatic heterocycles. The van der Waals surface area contributed by atoms with Gasteiger partial charge in [0.1, 0.15) is 10.3 Å². The summed E-state index contributed by atoms with van der Waals surface area (Å²) in [5.41, 5.74) is 3.21. The molecular weight excluding hydrogens is 610 g/mol. The van der Waals surface area contributed by atoms with Crippen molar-refractivity contribution in [3.8, 4) is 11.1 Å². The summed E-state index contributed by atoms with van der Waals surface area (Å²) >= 11 is 6.86. The molecule has 2 aliphatic carbocycles. The number of nitrogens with one attached hydrogen (secondary N) is 1. The molecule has 3 aliphatic rings. The number of carbonyl (C=O) groups is 1. The number of amides is 1. The quantitative estimate of drug-likeness (QED) is 0.253. The summed E-state index contributed by atoms with van der Waals surface area (Å²) in [5, 5.41) is 5.28. The smallest absolute Gasteiger partial charge is 0.407 e. The number of hydrogen-bond donors (Lipinski definition) is 1. The molecule has 7 rings (SSSR count). The number of pyridine rings is 2. The predicted octanol–water partition coefficient (Wildman–Crippen LogP) is 6.85. The van der Waals surface area contributed by atoms with Crippen molar-refractivity contribution in [2.75, 3.05) is 18.0 Å².